The van der Waals surface area contributed by atoms with E-state index in [1.807, 2.05) is 59.8 Å². The summed E-state index contributed by atoms with van der Waals surface area (Å²) in [5, 5.41) is 0. The van der Waals surface area contributed by atoms with Crippen molar-refractivity contribution in [3.05, 3.63) is 11.8 Å². The number of hydrogen-bond acceptors (Lipinski definition) is 6. The first-order valence-electron chi connectivity index (χ1n) is 8.80. The molecule has 7 nitrogen and oxygen atoms in total. The summed E-state index contributed by atoms with van der Waals surface area (Å²) in [5.74, 6) is 1.68. The zero-order valence-electron chi connectivity index (χ0n) is 16.5. The second-order valence-electron chi connectivity index (χ2n) is 7.87. The third-order valence-electron chi connectivity index (χ3n) is 4.25. The predicted molar refractivity (Wildman–Crippen MR) is 100 cm³/mol. The van der Waals surface area contributed by atoms with Gasteiger partial charge in [0.2, 0.25) is 5.95 Å². The van der Waals surface area contributed by atoms with Crippen LogP contribution in [0, 0.1) is 6.92 Å². The lowest BCUT2D eigenvalue weighted by Crippen LogP contribution is -2.47. The van der Waals surface area contributed by atoms with Crippen LogP contribution in [0.15, 0.2) is 6.07 Å². The van der Waals surface area contributed by atoms with Crippen LogP contribution in [0.2, 0.25) is 0 Å². The van der Waals surface area contributed by atoms with Crippen LogP contribution in [-0.2, 0) is 4.74 Å². The third kappa shape index (κ3) is 5.21. The van der Waals surface area contributed by atoms with Crippen LogP contribution in [0.1, 0.15) is 39.3 Å². The maximum absolute atomic E-state index is 12.2. The number of hydrogen-bond donors (Lipinski definition) is 0. The summed E-state index contributed by atoms with van der Waals surface area (Å²) >= 11 is 0. The molecule has 1 aliphatic heterocycles. The zero-order valence-corrected chi connectivity index (χ0v) is 16.5. The highest BCUT2D eigenvalue weighted by atomic mass is 16.6. The summed E-state index contributed by atoms with van der Waals surface area (Å²) in [6, 6.07) is 2.22. The standard InChI is InChI=1S/C18H31N5O2/c1-13-12-15(20-16(19-13)21(5)6)23-10-8-14(9-11-23)22(7)17(24)25-18(2,3)4/h12,14H,8-11H2,1-7H3. The fourth-order valence-corrected chi connectivity index (χ4v) is 2.86. The van der Waals surface area contributed by atoms with E-state index in [1.54, 1.807) is 4.90 Å². The van der Waals surface area contributed by atoms with Crippen LogP contribution >= 0.6 is 0 Å². The van der Waals surface area contributed by atoms with Crippen molar-refractivity contribution >= 4 is 17.9 Å². The minimum atomic E-state index is -0.465. The number of aryl methyl sites for hydroxylation is 1. The Morgan fingerprint density at radius 2 is 1.80 bits per heavy atom. The molecule has 2 rings (SSSR count). The topological polar surface area (TPSA) is 61.8 Å². The van der Waals surface area contributed by atoms with E-state index in [9.17, 15) is 4.79 Å². The molecule has 1 amide bonds. The Labute approximate surface area is 151 Å². The molecule has 1 aromatic heterocycles. The first-order chi connectivity index (χ1) is 11.6. The number of anilines is 2. The average molecular weight is 349 g/mol. The number of aromatic nitrogens is 2. The predicted octanol–water partition coefficient (Wildman–Crippen LogP) is 2.69. The highest BCUT2D eigenvalue weighted by Crippen LogP contribution is 2.23. The summed E-state index contributed by atoms with van der Waals surface area (Å²) in [4.78, 5) is 27.2. The molecule has 0 N–H and O–H groups in total. The molecule has 2 heterocycles. The number of nitrogens with zero attached hydrogens (tertiary/aromatic N) is 5. The highest BCUT2D eigenvalue weighted by Gasteiger charge is 2.29. The van der Waals surface area contributed by atoms with E-state index < -0.39 is 5.60 Å². The number of carbonyl (C=O) groups is 1. The lowest BCUT2D eigenvalue weighted by Gasteiger charge is -2.37. The maximum atomic E-state index is 12.2. The summed E-state index contributed by atoms with van der Waals surface area (Å²) in [6.07, 6.45) is 1.55. The number of piperidine rings is 1. The van der Waals surface area contributed by atoms with Gasteiger partial charge in [-0.1, -0.05) is 0 Å². The number of amides is 1. The molecule has 7 heteroatoms. The number of carbonyl (C=O) groups excluding carboxylic acids is 1. The average Bonchev–Trinajstić information content (AvgIpc) is 2.52. The largest absolute Gasteiger partial charge is 0.444 e. The van der Waals surface area contributed by atoms with Gasteiger partial charge in [0.25, 0.3) is 0 Å². The molecule has 0 unspecified atom stereocenters. The smallest absolute Gasteiger partial charge is 0.410 e. The van der Waals surface area contributed by atoms with E-state index in [-0.39, 0.29) is 12.1 Å². The molecular weight excluding hydrogens is 318 g/mol. The highest BCUT2D eigenvalue weighted by molar-refractivity contribution is 5.68. The quantitative estimate of drug-likeness (QED) is 0.836. The van der Waals surface area contributed by atoms with Gasteiger partial charge in [-0.15, -0.1) is 0 Å². The van der Waals surface area contributed by atoms with Crippen LogP contribution in [-0.4, -0.2) is 66.8 Å². The second-order valence-corrected chi connectivity index (χ2v) is 7.87. The normalized spacial score (nSPS) is 15.9. The molecule has 0 radical (unpaired) electrons. The molecular formula is C18H31N5O2. The Morgan fingerprint density at radius 3 is 2.32 bits per heavy atom. The van der Waals surface area contributed by atoms with E-state index in [4.69, 9.17) is 4.74 Å². The van der Waals surface area contributed by atoms with Crippen molar-refractivity contribution in [1.29, 1.82) is 0 Å². The van der Waals surface area contributed by atoms with Crippen molar-refractivity contribution in [2.24, 2.45) is 0 Å². The summed E-state index contributed by atoms with van der Waals surface area (Å²) in [5.41, 5.74) is 0.495. The first-order valence-corrected chi connectivity index (χ1v) is 8.80. The van der Waals surface area contributed by atoms with Gasteiger partial charge in [0.1, 0.15) is 11.4 Å². The Bertz CT molecular complexity index is 604. The zero-order chi connectivity index (χ0) is 18.8. The van der Waals surface area contributed by atoms with Crippen molar-refractivity contribution in [3.63, 3.8) is 0 Å². The molecule has 0 saturated carbocycles. The van der Waals surface area contributed by atoms with E-state index >= 15 is 0 Å². The van der Waals surface area contributed by atoms with E-state index in [1.165, 1.54) is 0 Å². The number of rotatable bonds is 3. The molecule has 0 bridgehead atoms. The van der Waals surface area contributed by atoms with E-state index in [2.05, 4.69) is 14.9 Å². The number of ether oxygens (including phenoxy) is 1. The third-order valence-corrected chi connectivity index (χ3v) is 4.25. The van der Waals surface area contributed by atoms with Crippen LogP contribution in [0.25, 0.3) is 0 Å². The van der Waals surface area contributed by atoms with Gasteiger partial charge >= 0.3 is 6.09 Å². The second kappa shape index (κ2) is 7.45. The van der Waals surface area contributed by atoms with Crippen LogP contribution in [0.4, 0.5) is 16.6 Å². The lowest BCUT2D eigenvalue weighted by molar-refractivity contribution is 0.0201. The van der Waals surface area contributed by atoms with Crippen molar-refractivity contribution in [3.8, 4) is 0 Å². The van der Waals surface area contributed by atoms with Gasteiger partial charge in [-0.3, -0.25) is 0 Å². The van der Waals surface area contributed by atoms with Crippen LogP contribution in [0.3, 0.4) is 0 Å². The van der Waals surface area contributed by atoms with Gasteiger partial charge in [0.05, 0.1) is 0 Å². The van der Waals surface area contributed by atoms with Crippen LogP contribution < -0.4 is 9.80 Å². The minimum absolute atomic E-state index is 0.197. The van der Waals surface area contributed by atoms with Crippen LogP contribution in [0.5, 0.6) is 0 Å². The Kier molecular flexibility index (Phi) is 5.75. The van der Waals surface area contributed by atoms with Crippen molar-refractivity contribution in [2.75, 3.05) is 44.0 Å². The fraction of sp³-hybridized carbons (Fsp3) is 0.722. The Morgan fingerprint density at radius 1 is 1.20 bits per heavy atom. The molecule has 0 spiro atoms. The monoisotopic (exact) mass is 349 g/mol. The van der Waals surface area contributed by atoms with Gasteiger partial charge < -0.3 is 19.4 Å². The molecule has 140 valence electrons. The van der Waals surface area contributed by atoms with Crippen molar-refractivity contribution in [1.82, 2.24) is 14.9 Å². The SMILES string of the molecule is Cc1cc(N2CCC(N(C)C(=O)OC(C)(C)C)CC2)nc(N(C)C)n1. The molecule has 0 aromatic carbocycles. The molecule has 25 heavy (non-hydrogen) atoms. The Hall–Kier alpha value is -2.05. The van der Waals surface area contributed by atoms with Gasteiger partial charge in [-0.25, -0.2) is 9.78 Å². The fourth-order valence-electron chi connectivity index (χ4n) is 2.86. The van der Waals surface area contributed by atoms with Crippen molar-refractivity contribution in [2.45, 2.75) is 52.2 Å². The summed E-state index contributed by atoms with van der Waals surface area (Å²) < 4.78 is 5.47. The van der Waals surface area contributed by atoms with E-state index in [0.717, 1.165) is 43.4 Å². The molecule has 1 saturated heterocycles. The minimum Gasteiger partial charge on any atom is -0.444 e. The molecule has 0 atom stereocenters. The van der Waals surface area contributed by atoms with Gasteiger partial charge in [0, 0.05) is 52.0 Å². The summed E-state index contributed by atoms with van der Waals surface area (Å²) in [6.45, 7) is 9.38. The van der Waals surface area contributed by atoms with Gasteiger partial charge in [-0.2, -0.15) is 4.98 Å². The van der Waals surface area contributed by atoms with Crippen molar-refractivity contribution < 1.29 is 9.53 Å². The molecule has 1 aliphatic rings. The van der Waals surface area contributed by atoms with Gasteiger partial charge in [-0.05, 0) is 40.5 Å². The molecule has 1 fully saturated rings. The Balaban J connectivity index is 1.99. The van der Waals surface area contributed by atoms with Gasteiger partial charge in [0.15, 0.2) is 0 Å². The first kappa shape index (κ1) is 19.3. The van der Waals surface area contributed by atoms with E-state index in [0.29, 0.717) is 0 Å². The molecule has 1 aromatic rings. The molecule has 0 aliphatic carbocycles. The maximum Gasteiger partial charge on any atom is 0.410 e. The lowest BCUT2D eigenvalue weighted by atomic mass is 10.0. The summed E-state index contributed by atoms with van der Waals surface area (Å²) in [7, 11) is 5.72.